The summed E-state index contributed by atoms with van der Waals surface area (Å²) in [5.74, 6) is 2.46. The van der Waals surface area contributed by atoms with Crippen molar-refractivity contribution in [1.29, 1.82) is 0 Å². The molecule has 0 aliphatic heterocycles. The van der Waals surface area contributed by atoms with Crippen LogP contribution >= 0.6 is 0 Å². The van der Waals surface area contributed by atoms with E-state index in [1.54, 1.807) is 7.11 Å². The van der Waals surface area contributed by atoms with E-state index in [4.69, 9.17) is 9.15 Å². The summed E-state index contributed by atoms with van der Waals surface area (Å²) in [7, 11) is 1.69. The Kier molecular flexibility index (Phi) is 7.88. The fraction of sp³-hybridized carbons (Fsp3) is 0.385. The first-order valence-corrected chi connectivity index (χ1v) is 11.0. The lowest BCUT2D eigenvalue weighted by Gasteiger charge is -2.10. The molecule has 0 fully saturated rings. The normalized spacial score (nSPS) is 10.8. The van der Waals surface area contributed by atoms with Gasteiger partial charge in [0, 0.05) is 18.5 Å². The molecule has 0 saturated heterocycles. The Balaban J connectivity index is 1.43. The number of oxazole rings is 1. The van der Waals surface area contributed by atoms with Gasteiger partial charge in [-0.3, -0.25) is 4.79 Å². The number of ether oxygens (including phenoxy) is 1. The minimum absolute atomic E-state index is 0.0734. The Bertz CT molecular complexity index is 1020. The van der Waals surface area contributed by atoms with Crippen molar-refractivity contribution >= 4 is 5.91 Å². The number of carbonyl (C=O) groups excluding carboxylic acids is 1. The Morgan fingerprint density at radius 1 is 1.13 bits per heavy atom. The van der Waals surface area contributed by atoms with Crippen molar-refractivity contribution in [1.82, 2.24) is 10.3 Å². The Labute approximate surface area is 184 Å². The number of hydrogen-bond donors (Lipinski definition) is 1. The molecule has 1 aromatic heterocycles. The molecule has 5 nitrogen and oxygen atoms in total. The molecular formula is C26H32N2O3. The fourth-order valence-corrected chi connectivity index (χ4v) is 3.68. The summed E-state index contributed by atoms with van der Waals surface area (Å²) >= 11 is 0. The smallest absolute Gasteiger partial charge is 0.226 e. The molecule has 0 aliphatic carbocycles. The topological polar surface area (TPSA) is 64.4 Å². The molecule has 0 unspecified atom stereocenters. The van der Waals surface area contributed by atoms with Crippen molar-refractivity contribution in [3.8, 4) is 17.2 Å². The molecule has 0 aliphatic rings. The van der Waals surface area contributed by atoms with Gasteiger partial charge in [-0.25, -0.2) is 4.98 Å². The summed E-state index contributed by atoms with van der Waals surface area (Å²) in [6.07, 6.45) is 3.69. The van der Waals surface area contributed by atoms with Crippen LogP contribution in [0.3, 0.4) is 0 Å². The average Bonchev–Trinajstić information content (AvgIpc) is 3.14. The number of methoxy groups -OCH3 is 1. The molecule has 0 atom stereocenters. The molecule has 1 amide bonds. The lowest BCUT2D eigenvalue weighted by atomic mass is 10.1. The van der Waals surface area contributed by atoms with Gasteiger partial charge in [0.05, 0.1) is 12.8 Å². The summed E-state index contributed by atoms with van der Waals surface area (Å²) < 4.78 is 11.2. The van der Waals surface area contributed by atoms with E-state index in [0.717, 1.165) is 48.5 Å². The maximum absolute atomic E-state index is 12.2. The second-order valence-electron chi connectivity index (χ2n) is 7.84. The highest BCUT2D eigenvalue weighted by molar-refractivity contribution is 5.75. The molecular weight excluding hydrogens is 388 g/mol. The van der Waals surface area contributed by atoms with Crippen molar-refractivity contribution in [3.63, 3.8) is 0 Å². The predicted molar refractivity (Wildman–Crippen MR) is 123 cm³/mol. The Morgan fingerprint density at radius 3 is 2.71 bits per heavy atom. The van der Waals surface area contributed by atoms with Gasteiger partial charge in [0.1, 0.15) is 11.5 Å². The van der Waals surface area contributed by atoms with Gasteiger partial charge in [-0.2, -0.15) is 0 Å². The Morgan fingerprint density at radius 2 is 1.97 bits per heavy atom. The summed E-state index contributed by atoms with van der Waals surface area (Å²) in [4.78, 5) is 16.9. The van der Waals surface area contributed by atoms with Crippen molar-refractivity contribution in [2.75, 3.05) is 13.7 Å². The molecule has 1 heterocycles. The number of carbonyl (C=O) groups is 1. The van der Waals surface area contributed by atoms with Gasteiger partial charge in [-0.1, -0.05) is 36.8 Å². The minimum atomic E-state index is 0.0734. The minimum Gasteiger partial charge on any atom is -0.496 e. The molecule has 0 saturated carbocycles. The van der Waals surface area contributed by atoms with Gasteiger partial charge < -0.3 is 14.5 Å². The van der Waals surface area contributed by atoms with E-state index in [-0.39, 0.29) is 5.91 Å². The summed E-state index contributed by atoms with van der Waals surface area (Å²) in [5.41, 5.74) is 5.48. The van der Waals surface area contributed by atoms with Crippen LogP contribution in [-0.4, -0.2) is 24.5 Å². The molecule has 164 valence electrons. The first-order valence-electron chi connectivity index (χ1n) is 11.0. The number of amides is 1. The van der Waals surface area contributed by atoms with Crippen LogP contribution in [0.5, 0.6) is 5.75 Å². The van der Waals surface area contributed by atoms with Crippen LogP contribution < -0.4 is 10.1 Å². The van der Waals surface area contributed by atoms with Crippen LogP contribution in [-0.2, 0) is 24.1 Å². The number of rotatable bonds is 10. The zero-order chi connectivity index (χ0) is 22.2. The molecule has 0 radical (unpaired) electrons. The second-order valence-corrected chi connectivity index (χ2v) is 7.84. The summed E-state index contributed by atoms with van der Waals surface area (Å²) in [5, 5.41) is 3.02. The molecule has 5 heteroatoms. The number of nitrogens with one attached hydrogen (secondary N) is 1. The number of hydrogen-bond acceptors (Lipinski definition) is 4. The molecule has 1 N–H and O–H groups in total. The van der Waals surface area contributed by atoms with Crippen LogP contribution in [0, 0.1) is 13.8 Å². The van der Waals surface area contributed by atoms with E-state index < -0.39 is 0 Å². The maximum Gasteiger partial charge on any atom is 0.226 e. The third-order valence-corrected chi connectivity index (χ3v) is 5.44. The molecule has 31 heavy (non-hydrogen) atoms. The van der Waals surface area contributed by atoms with Crippen LogP contribution in [0.15, 0.2) is 46.9 Å². The first kappa shape index (κ1) is 22.6. The predicted octanol–water partition coefficient (Wildman–Crippen LogP) is 5.21. The Hall–Kier alpha value is -3.08. The van der Waals surface area contributed by atoms with Crippen LogP contribution in [0.25, 0.3) is 11.5 Å². The second kappa shape index (κ2) is 10.8. The van der Waals surface area contributed by atoms with E-state index in [1.807, 2.05) is 25.1 Å². The molecule has 0 bridgehead atoms. The highest BCUT2D eigenvalue weighted by Gasteiger charge is 2.12. The highest BCUT2D eigenvalue weighted by Crippen LogP contribution is 2.23. The number of aryl methyl sites for hydroxylation is 4. The van der Waals surface area contributed by atoms with Gasteiger partial charge in [0.25, 0.3) is 0 Å². The maximum atomic E-state index is 12.2. The van der Waals surface area contributed by atoms with Gasteiger partial charge in [0.2, 0.25) is 11.8 Å². The van der Waals surface area contributed by atoms with Crippen molar-refractivity contribution < 1.29 is 13.9 Å². The van der Waals surface area contributed by atoms with Gasteiger partial charge in [0.15, 0.2) is 0 Å². The number of benzene rings is 2. The quantitative estimate of drug-likeness (QED) is 0.489. The first-order chi connectivity index (χ1) is 15.0. The number of nitrogens with zero attached hydrogens (tertiary/aromatic N) is 1. The highest BCUT2D eigenvalue weighted by atomic mass is 16.5. The van der Waals surface area contributed by atoms with Gasteiger partial charge in [-0.15, -0.1) is 0 Å². The van der Waals surface area contributed by atoms with Gasteiger partial charge in [-0.05, 0) is 68.9 Å². The monoisotopic (exact) mass is 420 g/mol. The van der Waals surface area contributed by atoms with Crippen LogP contribution in [0.2, 0.25) is 0 Å². The third kappa shape index (κ3) is 6.20. The standard InChI is InChI=1S/C26H32N2O3/c1-5-21-17-20(12-13-24(21)30-4)14-15-27-25(29)11-7-10-23-19(3)31-26(28-23)22-9-6-8-18(2)16-22/h6,8-9,12-13,16-17H,5,7,10-11,14-15H2,1-4H3,(H,27,29). The molecule has 0 spiro atoms. The molecule has 3 aromatic rings. The average molecular weight is 421 g/mol. The molecule has 2 aromatic carbocycles. The van der Waals surface area contributed by atoms with Crippen LogP contribution in [0.4, 0.5) is 0 Å². The summed E-state index contributed by atoms with van der Waals surface area (Å²) in [6.45, 7) is 6.73. The van der Waals surface area contributed by atoms with Crippen molar-refractivity contribution in [2.24, 2.45) is 0 Å². The number of aromatic nitrogens is 1. The zero-order valence-electron chi connectivity index (χ0n) is 19.0. The zero-order valence-corrected chi connectivity index (χ0v) is 19.0. The largest absolute Gasteiger partial charge is 0.496 e. The van der Waals surface area contributed by atoms with E-state index >= 15 is 0 Å². The fourth-order valence-electron chi connectivity index (χ4n) is 3.68. The summed E-state index contributed by atoms with van der Waals surface area (Å²) in [6, 6.07) is 14.3. The van der Waals surface area contributed by atoms with E-state index in [9.17, 15) is 4.79 Å². The lowest BCUT2D eigenvalue weighted by molar-refractivity contribution is -0.121. The van der Waals surface area contributed by atoms with Crippen molar-refractivity contribution in [2.45, 2.75) is 52.9 Å². The van der Waals surface area contributed by atoms with Crippen molar-refractivity contribution in [3.05, 3.63) is 70.6 Å². The molecule has 3 rings (SSSR count). The third-order valence-electron chi connectivity index (χ3n) is 5.44. The van der Waals surface area contributed by atoms with E-state index in [2.05, 4.69) is 48.4 Å². The van der Waals surface area contributed by atoms with E-state index in [1.165, 1.54) is 16.7 Å². The van der Waals surface area contributed by atoms with E-state index in [0.29, 0.717) is 18.9 Å². The SMILES string of the molecule is CCc1cc(CCNC(=O)CCCc2nc(-c3cccc(C)c3)oc2C)ccc1OC. The van der Waals surface area contributed by atoms with Gasteiger partial charge >= 0.3 is 0 Å². The lowest BCUT2D eigenvalue weighted by Crippen LogP contribution is -2.25. The van der Waals surface area contributed by atoms with Crippen LogP contribution in [0.1, 0.15) is 47.9 Å².